The summed E-state index contributed by atoms with van der Waals surface area (Å²) in [5.41, 5.74) is 0. The first-order valence-corrected chi connectivity index (χ1v) is 8.40. The van der Waals surface area contributed by atoms with Crippen LogP contribution in [0.4, 0.5) is 11.9 Å². The fraction of sp³-hybridized carbons (Fsp3) is 0.500. The van der Waals surface area contributed by atoms with Crippen LogP contribution in [0.15, 0.2) is 17.5 Å². The molecule has 0 bridgehead atoms. The molecule has 0 aliphatic heterocycles. The molecule has 114 valence electrons. The highest BCUT2D eigenvalue weighted by molar-refractivity contribution is 7.10. The Bertz CT molecular complexity index is 556. The van der Waals surface area contributed by atoms with Crippen LogP contribution in [0.25, 0.3) is 0 Å². The molecule has 7 heteroatoms. The molecule has 0 fully saturated rings. The van der Waals surface area contributed by atoms with E-state index in [1.165, 1.54) is 4.88 Å². The van der Waals surface area contributed by atoms with Gasteiger partial charge in [0, 0.05) is 18.0 Å². The number of hydrogen-bond donors (Lipinski definition) is 1. The summed E-state index contributed by atoms with van der Waals surface area (Å²) in [5, 5.41) is 5.64. The van der Waals surface area contributed by atoms with Crippen LogP contribution in [-0.2, 0) is 0 Å². The molecule has 2 heterocycles. The standard InChI is InChI=1S/C14H20ClN5S/c1-4-10(11-8-7-9-21-11)16-13-17-12(15)18-14(19-13)20(5-2)6-3/h7-10H,4-6H2,1-3H3,(H,16,17,18,19). The smallest absolute Gasteiger partial charge is 0.231 e. The first kappa shape index (κ1) is 16.0. The van der Waals surface area contributed by atoms with Crippen molar-refractivity contribution in [1.82, 2.24) is 15.0 Å². The van der Waals surface area contributed by atoms with Crippen LogP contribution in [0.5, 0.6) is 0 Å². The maximum absolute atomic E-state index is 6.03. The summed E-state index contributed by atoms with van der Waals surface area (Å²) < 4.78 is 0. The molecule has 5 nitrogen and oxygen atoms in total. The molecule has 0 saturated heterocycles. The van der Waals surface area contributed by atoms with Crippen molar-refractivity contribution in [3.63, 3.8) is 0 Å². The number of halogens is 1. The van der Waals surface area contributed by atoms with Gasteiger partial charge in [0.05, 0.1) is 6.04 Å². The highest BCUT2D eigenvalue weighted by atomic mass is 35.5. The Morgan fingerprint density at radius 3 is 2.57 bits per heavy atom. The maximum Gasteiger partial charge on any atom is 0.231 e. The van der Waals surface area contributed by atoms with Gasteiger partial charge in [-0.25, -0.2) is 0 Å². The third kappa shape index (κ3) is 4.04. The molecule has 0 aliphatic rings. The average Bonchev–Trinajstić information content (AvgIpc) is 2.99. The lowest BCUT2D eigenvalue weighted by Crippen LogP contribution is -2.25. The number of nitrogens with zero attached hydrogens (tertiary/aromatic N) is 4. The second-order valence-corrected chi connectivity index (χ2v) is 5.84. The van der Waals surface area contributed by atoms with Gasteiger partial charge in [-0.2, -0.15) is 15.0 Å². The lowest BCUT2D eigenvalue weighted by molar-refractivity contribution is 0.744. The van der Waals surface area contributed by atoms with Gasteiger partial charge < -0.3 is 10.2 Å². The average molecular weight is 326 g/mol. The molecule has 0 saturated carbocycles. The van der Waals surface area contributed by atoms with Crippen molar-refractivity contribution in [2.75, 3.05) is 23.3 Å². The number of rotatable bonds is 7. The summed E-state index contributed by atoms with van der Waals surface area (Å²) in [7, 11) is 0. The van der Waals surface area contributed by atoms with Gasteiger partial charge in [0.25, 0.3) is 0 Å². The monoisotopic (exact) mass is 325 g/mol. The Labute approximate surface area is 134 Å². The van der Waals surface area contributed by atoms with E-state index in [-0.39, 0.29) is 11.3 Å². The normalized spacial score (nSPS) is 12.2. The van der Waals surface area contributed by atoms with E-state index in [4.69, 9.17) is 11.6 Å². The Morgan fingerprint density at radius 1 is 1.24 bits per heavy atom. The van der Waals surface area contributed by atoms with Crippen LogP contribution in [-0.4, -0.2) is 28.0 Å². The zero-order chi connectivity index (χ0) is 15.2. The Hall–Kier alpha value is -1.40. The van der Waals surface area contributed by atoms with Gasteiger partial charge in [0.15, 0.2) is 0 Å². The molecule has 2 aromatic heterocycles. The highest BCUT2D eigenvalue weighted by Gasteiger charge is 2.15. The second-order valence-electron chi connectivity index (χ2n) is 4.52. The predicted octanol–water partition coefficient (Wildman–Crippen LogP) is 4.00. The van der Waals surface area contributed by atoms with E-state index in [1.807, 2.05) is 11.0 Å². The largest absolute Gasteiger partial charge is 0.346 e. The minimum atomic E-state index is 0.188. The van der Waals surface area contributed by atoms with E-state index in [1.54, 1.807) is 11.3 Å². The van der Waals surface area contributed by atoms with Gasteiger partial charge in [0.1, 0.15) is 0 Å². The van der Waals surface area contributed by atoms with Gasteiger partial charge >= 0.3 is 0 Å². The molecule has 2 aromatic rings. The Kier molecular flexibility index (Phi) is 5.76. The van der Waals surface area contributed by atoms with Crippen LogP contribution < -0.4 is 10.2 Å². The summed E-state index contributed by atoms with van der Waals surface area (Å²) in [6.07, 6.45) is 0.949. The highest BCUT2D eigenvalue weighted by Crippen LogP contribution is 2.25. The Balaban J connectivity index is 2.23. The van der Waals surface area contributed by atoms with Crippen molar-refractivity contribution < 1.29 is 0 Å². The predicted molar refractivity (Wildman–Crippen MR) is 89.4 cm³/mol. The number of hydrogen-bond acceptors (Lipinski definition) is 6. The second kappa shape index (κ2) is 7.56. The van der Waals surface area contributed by atoms with E-state index < -0.39 is 0 Å². The topological polar surface area (TPSA) is 53.9 Å². The van der Waals surface area contributed by atoms with E-state index in [0.29, 0.717) is 11.9 Å². The van der Waals surface area contributed by atoms with Crippen LogP contribution in [0.1, 0.15) is 38.1 Å². The SMILES string of the molecule is CCC(Nc1nc(Cl)nc(N(CC)CC)n1)c1cccs1. The molecule has 0 amide bonds. The van der Waals surface area contributed by atoms with E-state index >= 15 is 0 Å². The third-order valence-corrected chi connectivity index (χ3v) is 4.40. The van der Waals surface area contributed by atoms with Crippen LogP contribution >= 0.6 is 22.9 Å². The summed E-state index contributed by atoms with van der Waals surface area (Å²) in [4.78, 5) is 16.2. The molecule has 0 radical (unpaired) electrons. The van der Waals surface area contributed by atoms with E-state index in [2.05, 4.69) is 52.5 Å². The molecular weight excluding hydrogens is 306 g/mol. The van der Waals surface area contributed by atoms with Crippen molar-refractivity contribution in [3.8, 4) is 0 Å². The summed E-state index contributed by atoms with van der Waals surface area (Å²) in [6, 6.07) is 4.35. The van der Waals surface area contributed by atoms with E-state index in [0.717, 1.165) is 19.5 Å². The van der Waals surface area contributed by atoms with E-state index in [9.17, 15) is 0 Å². The molecule has 1 atom stereocenters. The van der Waals surface area contributed by atoms with Gasteiger partial charge in [-0.3, -0.25) is 0 Å². The lowest BCUT2D eigenvalue weighted by atomic mass is 10.2. The zero-order valence-corrected chi connectivity index (χ0v) is 14.1. The molecule has 2 rings (SSSR count). The van der Waals surface area contributed by atoms with Crippen molar-refractivity contribution in [2.24, 2.45) is 0 Å². The van der Waals surface area contributed by atoms with Crippen molar-refractivity contribution in [3.05, 3.63) is 27.7 Å². The summed E-state index contributed by atoms with van der Waals surface area (Å²) in [6.45, 7) is 7.92. The lowest BCUT2D eigenvalue weighted by Gasteiger charge is -2.20. The number of aromatic nitrogens is 3. The van der Waals surface area contributed by atoms with Crippen LogP contribution in [0.2, 0.25) is 5.28 Å². The van der Waals surface area contributed by atoms with Gasteiger partial charge in [0.2, 0.25) is 17.2 Å². The van der Waals surface area contributed by atoms with Crippen molar-refractivity contribution in [1.29, 1.82) is 0 Å². The fourth-order valence-corrected chi connectivity index (χ4v) is 3.09. The number of anilines is 2. The minimum absolute atomic E-state index is 0.188. The molecule has 0 aromatic carbocycles. The number of nitrogens with one attached hydrogen (secondary N) is 1. The van der Waals surface area contributed by atoms with Crippen LogP contribution in [0, 0.1) is 0 Å². The third-order valence-electron chi connectivity index (χ3n) is 3.24. The molecule has 1 N–H and O–H groups in total. The Morgan fingerprint density at radius 2 is 2.00 bits per heavy atom. The summed E-state index contributed by atoms with van der Waals surface area (Å²) >= 11 is 7.75. The molecular formula is C14H20ClN5S. The first-order chi connectivity index (χ1) is 10.2. The summed E-state index contributed by atoms with van der Waals surface area (Å²) in [5.74, 6) is 1.14. The minimum Gasteiger partial charge on any atom is -0.346 e. The fourth-order valence-electron chi connectivity index (χ4n) is 2.07. The van der Waals surface area contributed by atoms with Gasteiger partial charge in [-0.15, -0.1) is 11.3 Å². The van der Waals surface area contributed by atoms with Gasteiger partial charge in [-0.1, -0.05) is 13.0 Å². The zero-order valence-electron chi connectivity index (χ0n) is 12.5. The molecule has 21 heavy (non-hydrogen) atoms. The van der Waals surface area contributed by atoms with Crippen molar-refractivity contribution >= 4 is 34.8 Å². The number of thiophene rings is 1. The quantitative estimate of drug-likeness (QED) is 0.834. The molecule has 0 aliphatic carbocycles. The van der Waals surface area contributed by atoms with Crippen molar-refractivity contribution in [2.45, 2.75) is 33.2 Å². The maximum atomic E-state index is 6.03. The van der Waals surface area contributed by atoms with Crippen LogP contribution in [0.3, 0.4) is 0 Å². The first-order valence-electron chi connectivity index (χ1n) is 7.14. The molecule has 0 spiro atoms. The van der Waals surface area contributed by atoms with Gasteiger partial charge in [-0.05, 0) is 43.3 Å². The molecule has 1 unspecified atom stereocenters.